The number of hydrogen-bond donors (Lipinski definition) is 4. The maximum Gasteiger partial charge on any atom is 0.326 e. The van der Waals surface area contributed by atoms with Crippen LogP contribution in [-0.4, -0.2) is 45.0 Å². The quantitative estimate of drug-likeness (QED) is 0.467. The summed E-state index contributed by atoms with van der Waals surface area (Å²) in [6.07, 6.45) is 2.28. The molecular weight excluding hydrogens is 438 g/mol. The Hall–Kier alpha value is -3.75. The first-order valence-electron chi connectivity index (χ1n) is 11.0. The highest BCUT2D eigenvalue weighted by Crippen LogP contribution is 2.56. The molecule has 0 radical (unpaired) electrons. The zero-order chi connectivity index (χ0) is 25.1. The minimum Gasteiger partial charge on any atom is -0.481 e. The summed E-state index contributed by atoms with van der Waals surface area (Å²) in [7, 11) is 0. The van der Waals surface area contributed by atoms with E-state index in [2.05, 4.69) is 15.6 Å². The average Bonchev–Trinajstić information content (AvgIpc) is 3.05. The van der Waals surface area contributed by atoms with Crippen LogP contribution in [-0.2, 0) is 20.8 Å². The van der Waals surface area contributed by atoms with Gasteiger partial charge in [0.05, 0.1) is 5.41 Å². The summed E-state index contributed by atoms with van der Waals surface area (Å²) in [6, 6.07) is 10.5. The number of anilines is 1. The van der Waals surface area contributed by atoms with Crippen LogP contribution < -0.4 is 10.6 Å². The zero-order valence-corrected chi connectivity index (χ0v) is 19.4. The van der Waals surface area contributed by atoms with E-state index in [0.29, 0.717) is 24.1 Å². The number of benzene rings is 1. The van der Waals surface area contributed by atoms with Gasteiger partial charge in [0.25, 0.3) is 5.91 Å². The van der Waals surface area contributed by atoms with Gasteiger partial charge in [-0.25, -0.2) is 4.79 Å². The molecule has 180 valence electrons. The Morgan fingerprint density at radius 2 is 1.74 bits per heavy atom. The summed E-state index contributed by atoms with van der Waals surface area (Å²) in [5.74, 6) is -3.58. The second kappa shape index (κ2) is 9.62. The van der Waals surface area contributed by atoms with Crippen LogP contribution in [0.25, 0.3) is 0 Å². The van der Waals surface area contributed by atoms with Gasteiger partial charge in [0, 0.05) is 24.2 Å². The number of aliphatic carboxylic acids is 2. The van der Waals surface area contributed by atoms with Gasteiger partial charge >= 0.3 is 11.9 Å². The maximum absolute atomic E-state index is 13.0. The fourth-order valence-corrected chi connectivity index (χ4v) is 4.47. The van der Waals surface area contributed by atoms with Gasteiger partial charge in [0.15, 0.2) is 0 Å². The fraction of sp³-hybridized carbons (Fsp3) is 0.400. The molecule has 0 spiro atoms. The van der Waals surface area contributed by atoms with Gasteiger partial charge in [-0.15, -0.1) is 0 Å². The summed E-state index contributed by atoms with van der Waals surface area (Å²) < 4.78 is 0. The molecular formula is C25H29N3O6. The molecule has 1 saturated carbocycles. The number of nitrogens with zero attached hydrogens (tertiary/aromatic N) is 1. The van der Waals surface area contributed by atoms with Gasteiger partial charge in [-0.2, -0.15) is 0 Å². The number of aromatic nitrogens is 1. The van der Waals surface area contributed by atoms with Crippen LogP contribution in [0.2, 0.25) is 0 Å². The molecule has 1 fully saturated rings. The van der Waals surface area contributed by atoms with Crippen LogP contribution in [0.1, 0.15) is 49.7 Å². The molecule has 0 saturated heterocycles. The second-order valence-corrected chi connectivity index (χ2v) is 9.42. The van der Waals surface area contributed by atoms with Crippen molar-refractivity contribution >= 4 is 29.4 Å². The fourth-order valence-electron chi connectivity index (χ4n) is 4.47. The molecule has 1 aromatic heterocycles. The molecule has 2 amide bonds. The van der Waals surface area contributed by atoms with Crippen molar-refractivity contribution in [3.05, 3.63) is 59.9 Å². The first-order valence-corrected chi connectivity index (χ1v) is 11.0. The minimum absolute atomic E-state index is 0.0406. The third kappa shape index (κ3) is 4.93. The number of carboxylic acid groups (broad SMARTS) is 2. The molecule has 34 heavy (non-hydrogen) atoms. The summed E-state index contributed by atoms with van der Waals surface area (Å²) in [5.41, 5.74) is -0.447. The number of amides is 2. The van der Waals surface area contributed by atoms with E-state index in [1.54, 1.807) is 63.2 Å². The maximum atomic E-state index is 13.0. The first kappa shape index (κ1) is 24.9. The highest BCUT2D eigenvalue weighted by molar-refractivity contribution is 6.02. The van der Waals surface area contributed by atoms with E-state index in [1.807, 2.05) is 0 Å². The Balaban J connectivity index is 1.65. The van der Waals surface area contributed by atoms with Gasteiger partial charge < -0.3 is 20.8 Å². The Bertz CT molecular complexity index is 1080. The van der Waals surface area contributed by atoms with Gasteiger partial charge in [-0.3, -0.25) is 19.4 Å². The third-order valence-corrected chi connectivity index (χ3v) is 7.18. The van der Waals surface area contributed by atoms with Crippen molar-refractivity contribution in [3.63, 3.8) is 0 Å². The van der Waals surface area contributed by atoms with Crippen molar-refractivity contribution in [1.82, 2.24) is 10.3 Å². The molecule has 9 nitrogen and oxygen atoms in total. The summed E-state index contributed by atoms with van der Waals surface area (Å²) >= 11 is 0. The van der Waals surface area contributed by atoms with Crippen molar-refractivity contribution < 1.29 is 29.4 Å². The van der Waals surface area contributed by atoms with E-state index >= 15 is 0 Å². The van der Waals surface area contributed by atoms with Crippen molar-refractivity contribution in [2.45, 2.75) is 46.1 Å². The molecule has 1 aliphatic rings. The number of nitrogens with one attached hydrogen (secondary N) is 2. The van der Waals surface area contributed by atoms with Crippen molar-refractivity contribution in [1.29, 1.82) is 0 Å². The largest absolute Gasteiger partial charge is 0.481 e. The summed E-state index contributed by atoms with van der Waals surface area (Å²) in [4.78, 5) is 52.8. The van der Waals surface area contributed by atoms with Gasteiger partial charge in [-0.05, 0) is 55.0 Å². The number of carbonyl (C=O) groups excluding carboxylic acids is 2. The molecule has 4 N–H and O–H groups in total. The van der Waals surface area contributed by atoms with Crippen LogP contribution in [0.4, 0.5) is 5.69 Å². The molecule has 1 heterocycles. The third-order valence-electron chi connectivity index (χ3n) is 7.18. The van der Waals surface area contributed by atoms with Crippen molar-refractivity contribution in [2.75, 3.05) is 5.32 Å². The highest BCUT2D eigenvalue weighted by Gasteiger charge is 2.58. The summed E-state index contributed by atoms with van der Waals surface area (Å²) in [5, 5.41) is 24.7. The molecule has 0 bridgehead atoms. The Labute approximate surface area is 197 Å². The molecule has 3 rings (SSSR count). The van der Waals surface area contributed by atoms with Crippen LogP contribution in [0.5, 0.6) is 0 Å². The molecule has 2 unspecified atom stereocenters. The monoisotopic (exact) mass is 467 g/mol. The lowest BCUT2D eigenvalue weighted by atomic mass is 9.65. The van der Waals surface area contributed by atoms with Crippen LogP contribution >= 0.6 is 0 Å². The number of pyridine rings is 1. The van der Waals surface area contributed by atoms with E-state index in [-0.39, 0.29) is 18.0 Å². The van der Waals surface area contributed by atoms with Gasteiger partial charge in [-0.1, -0.05) is 32.0 Å². The number of rotatable bonds is 8. The summed E-state index contributed by atoms with van der Waals surface area (Å²) in [6.45, 7) is 5.11. The Morgan fingerprint density at radius 3 is 2.26 bits per heavy atom. The molecule has 1 aromatic carbocycles. The Morgan fingerprint density at radius 1 is 1.06 bits per heavy atom. The lowest BCUT2D eigenvalue weighted by molar-refractivity contribution is -0.155. The lowest BCUT2D eigenvalue weighted by Crippen LogP contribution is -2.49. The van der Waals surface area contributed by atoms with E-state index in [0.717, 1.165) is 0 Å². The molecule has 0 aliphatic heterocycles. The van der Waals surface area contributed by atoms with Gasteiger partial charge in [0.1, 0.15) is 11.7 Å². The molecule has 3 atom stereocenters. The van der Waals surface area contributed by atoms with E-state index in [1.165, 1.54) is 6.20 Å². The van der Waals surface area contributed by atoms with Crippen LogP contribution in [0.3, 0.4) is 0 Å². The van der Waals surface area contributed by atoms with E-state index < -0.39 is 40.6 Å². The second-order valence-electron chi connectivity index (χ2n) is 9.42. The number of carbonyl (C=O) groups is 4. The molecule has 2 aromatic rings. The van der Waals surface area contributed by atoms with E-state index in [4.69, 9.17) is 0 Å². The topological polar surface area (TPSA) is 146 Å². The van der Waals surface area contributed by atoms with Crippen LogP contribution in [0, 0.1) is 16.7 Å². The highest BCUT2D eigenvalue weighted by atomic mass is 16.4. The molecule has 1 aliphatic carbocycles. The lowest BCUT2D eigenvalue weighted by Gasteiger charge is -2.38. The van der Waals surface area contributed by atoms with Crippen LogP contribution in [0.15, 0.2) is 48.7 Å². The van der Waals surface area contributed by atoms with Crippen molar-refractivity contribution in [3.8, 4) is 0 Å². The minimum atomic E-state index is -1.18. The Kier molecular flexibility index (Phi) is 7.04. The predicted octanol–water partition coefficient (Wildman–Crippen LogP) is 2.97. The normalized spacial score (nSPS) is 21.9. The predicted molar refractivity (Wildman–Crippen MR) is 124 cm³/mol. The first-order chi connectivity index (χ1) is 16.0. The SMILES string of the molecule is CC1(C(=O)O)CCC(C(=O)N[C@@H](Cc2ccc(NC(=O)c3ccccn3)cc2)C(=O)O)C1(C)C. The number of hydrogen-bond acceptors (Lipinski definition) is 5. The molecule has 9 heteroatoms. The van der Waals surface area contributed by atoms with Crippen molar-refractivity contribution in [2.24, 2.45) is 16.7 Å². The zero-order valence-electron chi connectivity index (χ0n) is 19.4. The standard InChI is InChI=1S/C25H29N3O6/c1-24(2)17(11-12-25(24,3)23(33)34)20(29)28-19(22(31)32)14-15-7-9-16(10-8-15)27-21(30)18-6-4-5-13-26-18/h4-10,13,17,19H,11-12,14H2,1-3H3,(H,27,30)(H,28,29)(H,31,32)(H,33,34)/t17?,19-,25?/m0/s1. The van der Waals surface area contributed by atoms with E-state index in [9.17, 15) is 29.4 Å². The van der Waals surface area contributed by atoms with Gasteiger partial charge in [0.2, 0.25) is 5.91 Å². The number of carboxylic acids is 2. The average molecular weight is 468 g/mol. The smallest absolute Gasteiger partial charge is 0.326 e.